The first-order chi connectivity index (χ1) is 26.8. The van der Waals surface area contributed by atoms with Crippen LogP contribution in [0.15, 0.2) is 109 Å². The van der Waals surface area contributed by atoms with Crippen LogP contribution in [0, 0.1) is 0 Å². The minimum absolute atomic E-state index is 0.0411. The van der Waals surface area contributed by atoms with E-state index in [1.807, 2.05) is 0 Å². The summed E-state index contributed by atoms with van der Waals surface area (Å²) in [7, 11) is 1.24. The van der Waals surface area contributed by atoms with Crippen LogP contribution >= 0.6 is 0 Å². The molecule has 0 aliphatic heterocycles. The van der Waals surface area contributed by atoms with Crippen LogP contribution < -0.4 is 31.3 Å². The van der Waals surface area contributed by atoms with Crippen LogP contribution in [0.25, 0.3) is 6.08 Å². The molecule has 0 radical (unpaired) electrons. The predicted octanol–water partition coefficient (Wildman–Crippen LogP) is 5.11. The van der Waals surface area contributed by atoms with Gasteiger partial charge in [0.05, 0.1) is 30.5 Å². The van der Waals surface area contributed by atoms with Crippen molar-refractivity contribution in [3.05, 3.63) is 137 Å². The summed E-state index contributed by atoms with van der Waals surface area (Å²) in [5.74, 6) is -4.56. The van der Waals surface area contributed by atoms with E-state index in [1.165, 1.54) is 79.9 Å². The highest BCUT2D eigenvalue weighted by molar-refractivity contribution is 6.10. The number of nitrogens with zero attached hydrogens (tertiary/aromatic N) is 1. The topological polar surface area (TPSA) is 245 Å². The molecular formula is C40H34N6O10. The molecule has 0 spiro atoms. The molecule has 284 valence electrons. The van der Waals surface area contributed by atoms with Crippen molar-refractivity contribution in [2.45, 2.75) is 6.92 Å². The van der Waals surface area contributed by atoms with E-state index < -0.39 is 35.3 Å². The summed E-state index contributed by atoms with van der Waals surface area (Å²) in [4.78, 5) is 78.5. The average Bonchev–Trinajstić information content (AvgIpc) is 3.18. The summed E-state index contributed by atoms with van der Waals surface area (Å²) >= 11 is 0. The zero-order valence-corrected chi connectivity index (χ0v) is 29.7. The van der Waals surface area contributed by atoms with Gasteiger partial charge in [-0.3, -0.25) is 24.0 Å². The molecule has 1 heterocycles. The van der Waals surface area contributed by atoms with Crippen LogP contribution in [-0.2, 0) is 9.59 Å². The highest BCUT2D eigenvalue weighted by atomic mass is 16.5. The Hall–Kier alpha value is -8.01. The van der Waals surface area contributed by atoms with Crippen molar-refractivity contribution in [1.29, 1.82) is 0 Å². The molecule has 5 rings (SSSR count). The molecule has 5 aromatic rings. The van der Waals surface area contributed by atoms with Gasteiger partial charge in [-0.1, -0.05) is 12.1 Å². The van der Waals surface area contributed by atoms with Crippen molar-refractivity contribution in [2.75, 3.05) is 34.9 Å². The molecule has 16 heteroatoms. The second kappa shape index (κ2) is 17.7. The zero-order valence-electron chi connectivity index (χ0n) is 29.7. The Morgan fingerprint density at radius 3 is 1.88 bits per heavy atom. The number of anilines is 4. The zero-order chi connectivity index (χ0) is 40.4. The van der Waals surface area contributed by atoms with Crippen LogP contribution in [0.1, 0.15) is 53.9 Å². The number of benzene rings is 4. The molecular weight excluding hydrogens is 724 g/mol. The third-order valence-corrected chi connectivity index (χ3v) is 7.96. The number of aromatic carboxylic acids is 1. The second-order valence-corrected chi connectivity index (χ2v) is 11.9. The van der Waals surface area contributed by atoms with E-state index in [2.05, 4.69) is 31.6 Å². The molecule has 0 aliphatic carbocycles. The molecule has 0 saturated carbocycles. The molecule has 0 bridgehead atoms. The highest BCUT2D eigenvalue weighted by Crippen LogP contribution is 2.38. The van der Waals surface area contributed by atoms with Gasteiger partial charge in [0.2, 0.25) is 5.91 Å². The number of carbonyl (C=O) groups excluding carboxylic acids is 5. The van der Waals surface area contributed by atoms with Crippen molar-refractivity contribution >= 4 is 64.5 Å². The van der Waals surface area contributed by atoms with Crippen LogP contribution in [0.3, 0.4) is 0 Å². The second-order valence-electron chi connectivity index (χ2n) is 11.9. The van der Waals surface area contributed by atoms with Gasteiger partial charge in [-0.25, -0.2) is 9.78 Å². The number of carboxylic acid groups (broad SMARTS) is 1. The minimum atomic E-state index is -1.18. The number of hydrogen-bond donors (Lipinski definition) is 8. The molecule has 4 aromatic carbocycles. The molecule has 16 nitrogen and oxygen atoms in total. The summed E-state index contributed by atoms with van der Waals surface area (Å²) in [5, 5.41) is 42.1. The van der Waals surface area contributed by atoms with Gasteiger partial charge in [-0.15, -0.1) is 0 Å². The number of pyridine rings is 1. The number of carbonyl (C=O) groups is 6. The first kappa shape index (κ1) is 39.2. The van der Waals surface area contributed by atoms with E-state index in [-0.39, 0.29) is 57.7 Å². The molecule has 0 saturated heterocycles. The highest BCUT2D eigenvalue weighted by Gasteiger charge is 2.21. The van der Waals surface area contributed by atoms with Crippen molar-refractivity contribution in [3.63, 3.8) is 0 Å². The number of nitrogens with one attached hydrogen (secondary N) is 5. The Balaban J connectivity index is 1.10. The molecule has 56 heavy (non-hydrogen) atoms. The SMILES string of the molecule is COc1c(NC(=O)c2ccc(NC(=O)CNC(=O)c3ccc(NC(=O)/C(C)=C/c4ccc(O)cc4)cc3)cc2)ccc(C(=O)Nc2ccc(C(=O)O)cn2)c1O. The first-order valence-electron chi connectivity index (χ1n) is 16.6. The number of methoxy groups -OCH3 is 1. The maximum atomic E-state index is 13.0. The molecule has 0 atom stereocenters. The van der Waals surface area contributed by atoms with Gasteiger partial charge in [-0.05, 0) is 103 Å². The number of hydrogen-bond acceptors (Lipinski definition) is 10. The monoisotopic (exact) mass is 758 g/mol. The standard InChI is InChI=1S/C40H34N6O10/c1-22(19-23-3-14-29(47)15-4-23)36(50)44-28-12-5-24(6-13-28)37(51)42-21-33(48)43-27-10-7-25(8-11-27)38(52)45-31-17-16-30(34(49)35(31)56-2)39(53)46-32-18-9-26(20-41-32)40(54)55/h3-20,47,49H,21H2,1-2H3,(H,42,51)(H,43,48)(H,44,50)(H,45,52)(H,54,55)(H,41,46,53)/b22-19+. The number of amides is 5. The Morgan fingerprint density at radius 1 is 0.679 bits per heavy atom. The summed E-state index contributed by atoms with van der Waals surface area (Å²) in [6, 6.07) is 23.5. The van der Waals surface area contributed by atoms with Crippen LogP contribution in [0.5, 0.6) is 17.2 Å². The number of ether oxygens (including phenoxy) is 1. The molecule has 8 N–H and O–H groups in total. The molecule has 0 aliphatic rings. The predicted molar refractivity (Wildman–Crippen MR) is 206 cm³/mol. The fourth-order valence-electron chi connectivity index (χ4n) is 5.03. The van der Waals surface area contributed by atoms with E-state index in [1.54, 1.807) is 37.3 Å². The summed E-state index contributed by atoms with van der Waals surface area (Å²) in [6.45, 7) is 1.29. The van der Waals surface area contributed by atoms with Crippen molar-refractivity contribution in [2.24, 2.45) is 0 Å². The molecule has 5 amide bonds. The van der Waals surface area contributed by atoms with Gasteiger partial charge in [0.1, 0.15) is 11.6 Å². The first-order valence-corrected chi connectivity index (χ1v) is 16.6. The quantitative estimate of drug-likeness (QED) is 0.0733. The molecule has 1 aromatic heterocycles. The van der Waals surface area contributed by atoms with E-state index in [0.717, 1.165) is 11.8 Å². The van der Waals surface area contributed by atoms with E-state index in [0.29, 0.717) is 16.9 Å². The molecule has 0 unspecified atom stereocenters. The normalized spacial score (nSPS) is 10.8. The van der Waals surface area contributed by atoms with Crippen molar-refractivity contribution in [3.8, 4) is 17.2 Å². The van der Waals surface area contributed by atoms with Gasteiger partial charge in [0.15, 0.2) is 11.5 Å². The molecule has 0 fully saturated rings. The fraction of sp³-hybridized carbons (Fsp3) is 0.0750. The third-order valence-electron chi connectivity index (χ3n) is 7.96. The van der Waals surface area contributed by atoms with E-state index in [4.69, 9.17) is 9.84 Å². The number of carboxylic acids is 1. The number of aromatic nitrogens is 1. The lowest BCUT2D eigenvalue weighted by Gasteiger charge is -2.15. The van der Waals surface area contributed by atoms with Gasteiger partial charge in [0.25, 0.3) is 23.6 Å². The number of rotatable bonds is 13. The van der Waals surface area contributed by atoms with Gasteiger partial charge >= 0.3 is 5.97 Å². The van der Waals surface area contributed by atoms with Crippen molar-refractivity contribution in [1.82, 2.24) is 10.3 Å². The van der Waals surface area contributed by atoms with E-state index in [9.17, 15) is 39.0 Å². The summed E-state index contributed by atoms with van der Waals surface area (Å²) in [5.41, 5.74) is 2.18. The van der Waals surface area contributed by atoms with Gasteiger partial charge in [0, 0.05) is 34.3 Å². The maximum absolute atomic E-state index is 13.0. The fourth-order valence-corrected chi connectivity index (χ4v) is 5.03. The minimum Gasteiger partial charge on any atom is -0.508 e. The summed E-state index contributed by atoms with van der Waals surface area (Å²) < 4.78 is 5.25. The average molecular weight is 759 g/mol. The Kier molecular flexibility index (Phi) is 12.4. The third kappa shape index (κ3) is 10.1. The number of phenolic OH excluding ortho intramolecular Hbond substituents is 2. The largest absolute Gasteiger partial charge is 0.508 e. The van der Waals surface area contributed by atoms with Crippen molar-refractivity contribution < 1.29 is 48.8 Å². The smallest absolute Gasteiger partial charge is 0.337 e. The summed E-state index contributed by atoms with van der Waals surface area (Å²) in [6.07, 6.45) is 2.73. The maximum Gasteiger partial charge on any atom is 0.337 e. The van der Waals surface area contributed by atoms with E-state index >= 15 is 0 Å². The lowest BCUT2D eigenvalue weighted by atomic mass is 10.1. The van der Waals surface area contributed by atoms with Crippen LogP contribution in [0.4, 0.5) is 22.9 Å². The van der Waals surface area contributed by atoms with Crippen LogP contribution in [0.2, 0.25) is 0 Å². The Morgan fingerprint density at radius 2 is 1.29 bits per heavy atom. The lowest BCUT2D eigenvalue weighted by molar-refractivity contribution is -0.115. The van der Waals surface area contributed by atoms with Gasteiger partial charge < -0.3 is 46.6 Å². The van der Waals surface area contributed by atoms with Gasteiger partial charge in [-0.2, -0.15) is 0 Å². The van der Waals surface area contributed by atoms with Crippen LogP contribution in [-0.4, -0.2) is 69.5 Å². The Bertz CT molecular complexity index is 2320. The number of phenols is 2. The number of aromatic hydroxyl groups is 2. The Labute approximate surface area is 318 Å². The lowest BCUT2D eigenvalue weighted by Crippen LogP contribution is -2.32.